The maximum Gasteiger partial charge on any atom is 0.201 e. The fraction of sp³-hybridized carbons (Fsp3) is 0.667. The molecular formula is C12H16N6. The van der Waals surface area contributed by atoms with Crippen LogP contribution >= 0.6 is 0 Å². The van der Waals surface area contributed by atoms with Gasteiger partial charge in [-0.25, -0.2) is 4.98 Å². The van der Waals surface area contributed by atoms with E-state index in [1.165, 1.54) is 32.0 Å². The predicted molar refractivity (Wildman–Crippen MR) is 64.6 cm³/mol. The summed E-state index contributed by atoms with van der Waals surface area (Å²) in [7, 11) is 0. The second-order valence-corrected chi connectivity index (χ2v) is 5.49. The highest BCUT2D eigenvalue weighted by Gasteiger charge is 2.30. The molecule has 2 aliphatic rings. The largest absolute Gasteiger partial charge is 0.308 e. The summed E-state index contributed by atoms with van der Waals surface area (Å²) in [6, 6.07) is 0. The Hall–Kier alpha value is -1.72. The molecule has 0 aromatic carbocycles. The van der Waals surface area contributed by atoms with E-state index >= 15 is 0 Å². The number of aromatic amines is 1. The summed E-state index contributed by atoms with van der Waals surface area (Å²) in [4.78, 5) is 4.19. The molecule has 94 valence electrons. The zero-order chi connectivity index (χ0) is 11.9. The summed E-state index contributed by atoms with van der Waals surface area (Å²) in [6.07, 6.45) is 7.99. The van der Waals surface area contributed by atoms with E-state index in [1.807, 2.05) is 0 Å². The summed E-state index contributed by atoms with van der Waals surface area (Å²) in [5.41, 5.74) is 0. The van der Waals surface area contributed by atoms with Crippen LogP contribution < -0.4 is 0 Å². The molecule has 2 aromatic heterocycles. The van der Waals surface area contributed by atoms with Gasteiger partial charge in [0.05, 0.1) is 0 Å². The molecule has 0 spiro atoms. The first-order valence-electron chi connectivity index (χ1n) is 6.68. The third-order valence-electron chi connectivity index (χ3n) is 4.26. The maximum absolute atomic E-state index is 4.36. The lowest BCUT2D eigenvalue weighted by molar-refractivity contribution is 0.262. The zero-order valence-electron chi connectivity index (χ0n) is 10.2. The number of nitrogens with one attached hydrogen (secondary N) is 1. The molecular weight excluding hydrogens is 228 g/mol. The minimum absolute atomic E-state index is 0.727. The summed E-state index contributed by atoms with van der Waals surface area (Å²) in [5.74, 6) is 4.27. The Bertz CT molecular complexity index is 543. The van der Waals surface area contributed by atoms with Crippen molar-refractivity contribution in [3.8, 4) is 11.6 Å². The van der Waals surface area contributed by atoms with E-state index in [0.717, 1.165) is 42.3 Å². The van der Waals surface area contributed by atoms with Gasteiger partial charge in [0.25, 0.3) is 0 Å². The number of hydrogen-bond donors (Lipinski definition) is 1. The molecule has 2 bridgehead atoms. The topological polar surface area (TPSA) is 72.3 Å². The summed E-state index contributed by atoms with van der Waals surface area (Å²) >= 11 is 0. The van der Waals surface area contributed by atoms with Crippen molar-refractivity contribution in [1.29, 1.82) is 0 Å². The number of rotatable bonds is 1. The van der Waals surface area contributed by atoms with Crippen LogP contribution in [0.5, 0.6) is 0 Å². The van der Waals surface area contributed by atoms with E-state index in [9.17, 15) is 0 Å². The van der Waals surface area contributed by atoms with Crippen molar-refractivity contribution >= 4 is 0 Å². The smallest absolute Gasteiger partial charge is 0.201 e. The van der Waals surface area contributed by atoms with Crippen LogP contribution in [0.4, 0.5) is 0 Å². The monoisotopic (exact) mass is 244 g/mol. The van der Waals surface area contributed by atoms with Gasteiger partial charge in [-0.1, -0.05) is 6.42 Å². The molecule has 2 atom stereocenters. The molecule has 1 N–H and O–H groups in total. The third kappa shape index (κ3) is 1.55. The molecule has 4 rings (SSSR count). The van der Waals surface area contributed by atoms with Crippen molar-refractivity contribution < 1.29 is 0 Å². The second kappa shape index (κ2) is 3.90. The fourth-order valence-corrected chi connectivity index (χ4v) is 3.44. The Morgan fingerprint density at radius 2 is 2.17 bits per heavy atom. The van der Waals surface area contributed by atoms with Crippen LogP contribution in [0.2, 0.25) is 0 Å². The number of aromatic nitrogens is 6. The Labute approximate surface area is 105 Å². The molecule has 1 aliphatic carbocycles. The number of H-pyrrole nitrogens is 1. The Morgan fingerprint density at radius 3 is 3.06 bits per heavy atom. The predicted octanol–water partition coefficient (Wildman–Crippen LogP) is 1.43. The number of hydrogen-bond acceptors (Lipinski definition) is 4. The molecule has 6 nitrogen and oxygen atoms in total. The SMILES string of the molecule is c1n[nH]c(-c2nnc3n2CC2CCCC(C3)C2)n1. The average Bonchev–Trinajstić information content (AvgIpc) is 2.98. The molecule has 3 heterocycles. The average molecular weight is 244 g/mol. The van der Waals surface area contributed by atoms with Gasteiger partial charge >= 0.3 is 0 Å². The fourth-order valence-electron chi connectivity index (χ4n) is 3.44. The van der Waals surface area contributed by atoms with Gasteiger partial charge < -0.3 is 4.57 Å². The van der Waals surface area contributed by atoms with Crippen LogP contribution in [0.1, 0.15) is 31.5 Å². The first-order chi connectivity index (χ1) is 8.90. The van der Waals surface area contributed by atoms with Gasteiger partial charge in [-0.15, -0.1) is 10.2 Å². The lowest BCUT2D eigenvalue weighted by atomic mass is 9.81. The van der Waals surface area contributed by atoms with Crippen LogP contribution in [-0.4, -0.2) is 29.9 Å². The van der Waals surface area contributed by atoms with Crippen molar-refractivity contribution in [2.24, 2.45) is 11.8 Å². The van der Waals surface area contributed by atoms with Crippen LogP contribution in [-0.2, 0) is 13.0 Å². The molecule has 0 amide bonds. The van der Waals surface area contributed by atoms with E-state index in [4.69, 9.17) is 0 Å². The van der Waals surface area contributed by atoms with Crippen molar-refractivity contribution in [3.05, 3.63) is 12.2 Å². The number of fused-ring (bicyclic) bond motifs is 3. The Balaban J connectivity index is 1.77. The minimum atomic E-state index is 0.727. The van der Waals surface area contributed by atoms with Gasteiger partial charge in [0.1, 0.15) is 12.2 Å². The van der Waals surface area contributed by atoms with Gasteiger partial charge in [0.15, 0.2) is 5.82 Å². The first kappa shape index (κ1) is 10.2. The van der Waals surface area contributed by atoms with E-state index < -0.39 is 0 Å². The quantitative estimate of drug-likeness (QED) is 0.823. The Morgan fingerprint density at radius 1 is 1.22 bits per heavy atom. The molecule has 1 aliphatic heterocycles. The highest BCUT2D eigenvalue weighted by atomic mass is 15.3. The lowest BCUT2D eigenvalue weighted by Gasteiger charge is -2.25. The van der Waals surface area contributed by atoms with E-state index in [1.54, 1.807) is 0 Å². The van der Waals surface area contributed by atoms with Gasteiger partial charge in [0.2, 0.25) is 5.82 Å². The van der Waals surface area contributed by atoms with Crippen molar-refractivity contribution in [1.82, 2.24) is 29.9 Å². The van der Waals surface area contributed by atoms with Gasteiger partial charge in [-0.3, -0.25) is 5.10 Å². The highest BCUT2D eigenvalue weighted by Crippen LogP contribution is 2.36. The van der Waals surface area contributed by atoms with Crippen LogP contribution in [0.15, 0.2) is 6.33 Å². The molecule has 1 saturated carbocycles. The summed E-state index contributed by atoms with van der Waals surface area (Å²) in [6.45, 7) is 1.04. The van der Waals surface area contributed by atoms with E-state index in [-0.39, 0.29) is 0 Å². The van der Waals surface area contributed by atoms with Gasteiger partial charge in [-0.2, -0.15) is 5.10 Å². The van der Waals surface area contributed by atoms with Crippen molar-refractivity contribution in [3.63, 3.8) is 0 Å². The molecule has 6 heteroatoms. The summed E-state index contributed by atoms with van der Waals surface area (Å²) < 4.78 is 2.25. The van der Waals surface area contributed by atoms with Crippen LogP contribution in [0, 0.1) is 11.8 Å². The normalized spacial score (nSPS) is 26.7. The van der Waals surface area contributed by atoms with Gasteiger partial charge in [0, 0.05) is 13.0 Å². The summed E-state index contributed by atoms with van der Waals surface area (Å²) in [5, 5.41) is 15.4. The van der Waals surface area contributed by atoms with Crippen LogP contribution in [0.3, 0.4) is 0 Å². The molecule has 0 saturated heterocycles. The molecule has 18 heavy (non-hydrogen) atoms. The number of nitrogens with zero attached hydrogens (tertiary/aromatic N) is 5. The van der Waals surface area contributed by atoms with Crippen molar-refractivity contribution in [2.75, 3.05) is 0 Å². The molecule has 1 fully saturated rings. The Kier molecular flexibility index (Phi) is 2.21. The third-order valence-corrected chi connectivity index (χ3v) is 4.26. The minimum Gasteiger partial charge on any atom is -0.308 e. The van der Waals surface area contributed by atoms with Crippen molar-refractivity contribution in [2.45, 2.75) is 38.6 Å². The maximum atomic E-state index is 4.36. The molecule has 0 radical (unpaired) electrons. The lowest BCUT2D eigenvalue weighted by Crippen LogP contribution is -2.17. The molecule has 2 unspecified atom stereocenters. The second-order valence-electron chi connectivity index (χ2n) is 5.49. The highest BCUT2D eigenvalue weighted by molar-refractivity contribution is 5.42. The zero-order valence-corrected chi connectivity index (χ0v) is 10.2. The standard InChI is InChI=1S/C12H16N6/c1-2-8-4-9(3-1)6-18-10(5-8)15-17-12(18)11-13-7-14-16-11/h7-9H,1-6H2,(H,13,14,16). The molecule has 2 aromatic rings. The first-order valence-corrected chi connectivity index (χ1v) is 6.68. The van der Waals surface area contributed by atoms with Crippen LogP contribution in [0.25, 0.3) is 11.6 Å². The van der Waals surface area contributed by atoms with E-state index in [0.29, 0.717) is 0 Å². The van der Waals surface area contributed by atoms with Gasteiger partial charge in [-0.05, 0) is 31.1 Å². The van der Waals surface area contributed by atoms with E-state index in [2.05, 4.69) is 29.9 Å².